The van der Waals surface area contributed by atoms with Gasteiger partial charge in [0.1, 0.15) is 11.6 Å². The summed E-state index contributed by atoms with van der Waals surface area (Å²) in [5.41, 5.74) is 1.66. The summed E-state index contributed by atoms with van der Waals surface area (Å²) in [6.45, 7) is 2.52. The predicted molar refractivity (Wildman–Crippen MR) is 128 cm³/mol. The monoisotopic (exact) mass is 474 g/mol. The van der Waals surface area contributed by atoms with Crippen molar-refractivity contribution in [2.75, 3.05) is 6.61 Å². The van der Waals surface area contributed by atoms with Gasteiger partial charge in [-0.1, -0.05) is 29.1 Å². The molecule has 5 rings (SSSR count). The molecule has 170 valence electrons. The fraction of sp³-hybridized carbons (Fsp3) is 0.120. The molecule has 0 atom stereocenters. The van der Waals surface area contributed by atoms with E-state index in [-0.39, 0.29) is 11.4 Å². The summed E-state index contributed by atoms with van der Waals surface area (Å²) in [7, 11) is 0. The second-order valence-corrected chi connectivity index (χ2v) is 8.23. The van der Waals surface area contributed by atoms with Crippen molar-refractivity contribution in [2.45, 2.75) is 17.8 Å². The summed E-state index contributed by atoms with van der Waals surface area (Å²) in [6, 6.07) is 20.3. The van der Waals surface area contributed by atoms with Gasteiger partial charge in [0, 0.05) is 5.56 Å². The lowest BCUT2D eigenvalue weighted by Gasteiger charge is -2.12. The molecule has 0 bridgehead atoms. The molecule has 0 saturated heterocycles. The number of halogens is 1. The second kappa shape index (κ2) is 9.48. The number of benzene rings is 3. The third kappa shape index (κ3) is 4.42. The van der Waals surface area contributed by atoms with E-state index in [1.54, 1.807) is 30.3 Å². The van der Waals surface area contributed by atoms with Crippen LogP contribution in [0.3, 0.4) is 0 Å². The number of aromatic nitrogens is 4. The van der Waals surface area contributed by atoms with Crippen LogP contribution in [0.2, 0.25) is 0 Å². The summed E-state index contributed by atoms with van der Waals surface area (Å²) in [6.07, 6.45) is 0. The lowest BCUT2D eigenvalue weighted by molar-refractivity contribution is 0.340. The largest absolute Gasteiger partial charge is 0.494 e. The normalized spacial score (nSPS) is 11.1. The van der Waals surface area contributed by atoms with Gasteiger partial charge in [-0.15, -0.1) is 0 Å². The maximum Gasteiger partial charge on any atom is 0.266 e. The molecule has 7 nitrogen and oxygen atoms in total. The minimum Gasteiger partial charge on any atom is -0.494 e. The van der Waals surface area contributed by atoms with Gasteiger partial charge in [-0.2, -0.15) is 4.98 Å². The number of rotatable bonds is 7. The summed E-state index contributed by atoms with van der Waals surface area (Å²) in [5.74, 6) is 1.54. The first-order valence-electron chi connectivity index (χ1n) is 10.6. The summed E-state index contributed by atoms with van der Waals surface area (Å²) in [5, 5.41) is 4.98. The predicted octanol–water partition coefficient (Wildman–Crippen LogP) is 5.27. The molecule has 0 spiro atoms. The topological polar surface area (TPSA) is 83.0 Å². The fourth-order valence-electron chi connectivity index (χ4n) is 3.45. The van der Waals surface area contributed by atoms with Gasteiger partial charge in [0.15, 0.2) is 5.16 Å². The van der Waals surface area contributed by atoms with Crippen molar-refractivity contribution in [1.29, 1.82) is 0 Å². The molecule has 0 saturated carbocycles. The maximum atomic E-state index is 13.5. The van der Waals surface area contributed by atoms with Crippen LogP contribution in [-0.2, 0) is 5.75 Å². The first kappa shape index (κ1) is 21.8. The third-order valence-electron chi connectivity index (χ3n) is 5.05. The highest BCUT2D eigenvalue weighted by atomic mass is 32.2. The van der Waals surface area contributed by atoms with Crippen molar-refractivity contribution in [3.05, 3.63) is 94.9 Å². The number of nitrogens with zero attached hydrogens (tertiary/aromatic N) is 4. The zero-order valence-corrected chi connectivity index (χ0v) is 19.0. The van der Waals surface area contributed by atoms with Crippen LogP contribution in [0, 0.1) is 5.82 Å². The molecular formula is C25H19FN4O3S. The van der Waals surface area contributed by atoms with Crippen molar-refractivity contribution in [2.24, 2.45) is 0 Å². The molecule has 2 aromatic heterocycles. The van der Waals surface area contributed by atoms with E-state index >= 15 is 0 Å². The zero-order chi connectivity index (χ0) is 23.5. The molecule has 0 aliphatic heterocycles. The van der Waals surface area contributed by atoms with Gasteiger partial charge < -0.3 is 9.26 Å². The van der Waals surface area contributed by atoms with Crippen LogP contribution < -0.4 is 10.3 Å². The van der Waals surface area contributed by atoms with Crippen LogP contribution in [0.4, 0.5) is 4.39 Å². The van der Waals surface area contributed by atoms with Gasteiger partial charge in [0.05, 0.1) is 29.0 Å². The quantitative estimate of drug-likeness (QED) is 0.235. The Labute approximate surface area is 198 Å². The molecule has 0 N–H and O–H groups in total. The Kier molecular flexibility index (Phi) is 6.09. The van der Waals surface area contributed by atoms with Gasteiger partial charge >= 0.3 is 0 Å². The Hall–Kier alpha value is -3.98. The van der Waals surface area contributed by atoms with Crippen molar-refractivity contribution in [3.63, 3.8) is 0 Å². The van der Waals surface area contributed by atoms with Gasteiger partial charge in [-0.25, -0.2) is 9.37 Å². The van der Waals surface area contributed by atoms with Crippen molar-refractivity contribution in [1.82, 2.24) is 19.7 Å². The third-order valence-corrected chi connectivity index (χ3v) is 5.97. The van der Waals surface area contributed by atoms with Crippen LogP contribution in [0.15, 0.2) is 87.3 Å². The van der Waals surface area contributed by atoms with Gasteiger partial charge in [0.2, 0.25) is 11.7 Å². The molecular weight excluding hydrogens is 455 g/mol. The lowest BCUT2D eigenvalue weighted by Crippen LogP contribution is -2.21. The number of para-hydroxylation sites is 1. The highest BCUT2D eigenvalue weighted by molar-refractivity contribution is 7.98. The van der Waals surface area contributed by atoms with Crippen molar-refractivity contribution in [3.8, 4) is 22.8 Å². The van der Waals surface area contributed by atoms with Crippen molar-refractivity contribution >= 4 is 22.7 Å². The Bertz CT molecular complexity index is 1500. The maximum absolute atomic E-state index is 13.5. The first-order valence-corrected chi connectivity index (χ1v) is 11.6. The highest BCUT2D eigenvalue weighted by Gasteiger charge is 2.16. The summed E-state index contributed by atoms with van der Waals surface area (Å²) >= 11 is 1.29. The van der Waals surface area contributed by atoms with Crippen LogP contribution >= 0.6 is 11.8 Å². The number of hydrogen-bond donors (Lipinski definition) is 0. The molecule has 0 fully saturated rings. The first-order chi connectivity index (χ1) is 16.6. The number of fused-ring (bicyclic) bond motifs is 1. The van der Waals surface area contributed by atoms with E-state index in [2.05, 4.69) is 15.1 Å². The van der Waals surface area contributed by atoms with Gasteiger partial charge in [-0.05, 0) is 67.6 Å². The van der Waals surface area contributed by atoms with E-state index in [9.17, 15) is 9.18 Å². The lowest BCUT2D eigenvalue weighted by atomic mass is 10.2. The molecule has 0 aliphatic rings. The molecule has 0 unspecified atom stereocenters. The minimum atomic E-state index is -0.382. The van der Waals surface area contributed by atoms with Crippen LogP contribution in [0.5, 0.6) is 5.75 Å². The number of thioether (sulfide) groups is 1. The second-order valence-electron chi connectivity index (χ2n) is 7.29. The number of hydrogen-bond acceptors (Lipinski definition) is 7. The molecule has 0 amide bonds. The molecule has 0 radical (unpaired) electrons. The fourth-order valence-corrected chi connectivity index (χ4v) is 4.30. The molecule has 2 heterocycles. The highest BCUT2D eigenvalue weighted by Crippen LogP contribution is 2.26. The van der Waals surface area contributed by atoms with E-state index in [0.717, 1.165) is 11.3 Å². The average Bonchev–Trinajstić information content (AvgIpc) is 3.33. The van der Waals surface area contributed by atoms with E-state index in [1.165, 1.54) is 28.5 Å². The number of ether oxygens (including phenoxy) is 1. The molecule has 3 aromatic carbocycles. The molecule has 5 aromatic rings. The molecule has 34 heavy (non-hydrogen) atoms. The Morgan fingerprint density at radius 1 is 1.00 bits per heavy atom. The average molecular weight is 475 g/mol. The Balaban J connectivity index is 1.44. The Morgan fingerprint density at radius 2 is 1.76 bits per heavy atom. The van der Waals surface area contributed by atoms with Crippen LogP contribution in [-0.4, -0.2) is 26.3 Å². The van der Waals surface area contributed by atoms with Gasteiger partial charge in [0.25, 0.3) is 5.56 Å². The Morgan fingerprint density at radius 3 is 2.53 bits per heavy atom. The summed E-state index contributed by atoms with van der Waals surface area (Å²) < 4.78 is 25.8. The SMILES string of the molecule is CCOc1ccc(-c2noc(CSc3nc4ccccc4c(=O)n3-c3ccc(F)cc3)n2)cc1. The molecule has 9 heteroatoms. The summed E-state index contributed by atoms with van der Waals surface area (Å²) in [4.78, 5) is 22.4. The van der Waals surface area contributed by atoms with E-state index in [0.29, 0.717) is 45.8 Å². The van der Waals surface area contributed by atoms with E-state index in [1.807, 2.05) is 37.3 Å². The van der Waals surface area contributed by atoms with Crippen molar-refractivity contribution < 1.29 is 13.7 Å². The zero-order valence-electron chi connectivity index (χ0n) is 18.1. The van der Waals surface area contributed by atoms with Crippen LogP contribution in [0.1, 0.15) is 12.8 Å². The van der Waals surface area contributed by atoms with Gasteiger partial charge in [-0.3, -0.25) is 9.36 Å². The standard InChI is InChI=1S/C25H19FN4O3S/c1-2-32-19-13-7-16(8-14-19)23-28-22(33-29-23)15-34-25-27-21-6-4-3-5-20(21)24(31)30(25)18-11-9-17(26)10-12-18/h3-14H,2,15H2,1H3. The van der Waals surface area contributed by atoms with E-state index in [4.69, 9.17) is 9.26 Å². The smallest absolute Gasteiger partial charge is 0.266 e. The molecule has 0 aliphatic carbocycles. The van der Waals surface area contributed by atoms with E-state index < -0.39 is 0 Å². The van der Waals surface area contributed by atoms with Crippen LogP contribution in [0.25, 0.3) is 28.0 Å². The minimum absolute atomic E-state index is 0.236.